The minimum Gasteiger partial charge on any atom is -0.493 e. The summed E-state index contributed by atoms with van der Waals surface area (Å²) in [6.45, 7) is 0.183. The number of ether oxygens (including phenoxy) is 2. The Morgan fingerprint density at radius 2 is 1.71 bits per heavy atom. The van der Waals surface area contributed by atoms with Crippen molar-refractivity contribution < 1.29 is 22.6 Å². The molecule has 0 aliphatic heterocycles. The molecule has 3 aromatic rings. The van der Waals surface area contributed by atoms with Crippen LogP contribution in [0.1, 0.15) is 22.3 Å². The van der Waals surface area contributed by atoms with E-state index in [1.54, 1.807) is 30.3 Å². The number of hydrogen-bond acceptors (Lipinski definition) is 3. The molecule has 0 aromatic heterocycles. The van der Waals surface area contributed by atoms with Gasteiger partial charge in [0, 0.05) is 4.47 Å². The molecule has 0 heterocycles. The molecule has 0 spiro atoms. The fourth-order valence-corrected chi connectivity index (χ4v) is 4.22. The highest BCUT2D eigenvalue weighted by atomic mass is 79.9. The molecule has 10 heteroatoms. The fraction of sp³-hybridized carbons (Fsp3) is 0.125. The van der Waals surface area contributed by atoms with Crippen LogP contribution in [0.4, 0.5) is 13.2 Å². The van der Waals surface area contributed by atoms with Crippen LogP contribution in [-0.4, -0.2) is 7.11 Å². The number of benzene rings is 3. The lowest BCUT2D eigenvalue weighted by atomic mass is 10.0. The molecule has 0 saturated heterocycles. The van der Waals surface area contributed by atoms with Crippen molar-refractivity contribution in [1.82, 2.24) is 0 Å². The molecular formula is C24H14Br2Cl2F3NO2. The van der Waals surface area contributed by atoms with Gasteiger partial charge in [0.25, 0.3) is 0 Å². The quantitative estimate of drug-likeness (QED) is 0.200. The highest BCUT2D eigenvalue weighted by Gasteiger charge is 2.30. The number of nitriles is 1. The van der Waals surface area contributed by atoms with E-state index < -0.39 is 11.7 Å². The van der Waals surface area contributed by atoms with Crippen LogP contribution in [0.15, 0.2) is 57.5 Å². The fourth-order valence-electron chi connectivity index (χ4n) is 2.96. The minimum atomic E-state index is -4.45. The molecule has 0 aliphatic rings. The molecule has 0 radical (unpaired) electrons. The summed E-state index contributed by atoms with van der Waals surface area (Å²) in [5.74, 6) is 0.789. The van der Waals surface area contributed by atoms with E-state index in [-0.39, 0.29) is 12.2 Å². The molecule has 0 fully saturated rings. The lowest BCUT2D eigenvalue weighted by molar-refractivity contribution is -0.137. The molecule has 3 aromatic carbocycles. The van der Waals surface area contributed by atoms with Crippen LogP contribution in [-0.2, 0) is 12.8 Å². The standard InChI is InChI=1S/C24H14Br2Cl2F3NO2/c1-33-20-10-15(9-16(11-32)14-3-5-17(6-4-14)24(29,30)31)21(25)22(26)23(20)34-12-13-2-7-18(27)19(28)8-13/h2-10H,12H2,1H3/b16-9-. The normalized spacial score (nSPS) is 11.8. The number of methoxy groups -OCH3 is 1. The summed E-state index contributed by atoms with van der Waals surface area (Å²) >= 11 is 19.0. The second kappa shape index (κ2) is 11.0. The molecule has 0 atom stereocenters. The molecule has 3 nitrogen and oxygen atoms in total. The third-order valence-electron chi connectivity index (χ3n) is 4.69. The Kier molecular flexibility index (Phi) is 8.58. The highest BCUT2D eigenvalue weighted by molar-refractivity contribution is 9.13. The van der Waals surface area contributed by atoms with Gasteiger partial charge in [-0.3, -0.25) is 0 Å². The molecule has 3 rings (SSSR count). The van der Waals surface area contributed by atoms with E-state index in [1.807, 2.05) is 6.07 Å². The van der Waals surface area contributed by atoms with Crippen molar-refractivity contribution in [1.29, 1.82) is 5.26 Å². The number of hydrogen-bond donors (Lipinski definition) is 0. The Bertz CT molecular complexity index is 1290. The average Bonchev–Trinajstić information content (AvgIpc) is 2.81. The second-order valence-corrected chi connectivity index (χ2v) is 9.31. The number of rotatable bonds is 6. The summed E-state index contributed by atoms with van der Waals surface area (Å²) in [5, 5.41) is 10.5. The first-order valence-corrected chi connectivity index (χ1v) is 11.8. The molecule has 0 N–H and O–H groups in total. The molecule has 0 unspecified atom stereocenters. The van der Waals surface area contributed by atoms with Crippen molar-refractivity contribution in [3.63, 3.8) is 0 Å². The van der Waals surface area contributed by atoms with Crippen molar-refractivity contribution in [2.24, 2.45) is 0 Å². The second-order valence-electron chi connectivity index (χ2n) is 6.91. The smallest absolute Gasteiger partial charge is 0.416 e. The Morgan fingerprint density at radius 3 is 2.26 bits per heavy atom. The van der Waals surface area contributed by atoms with Crippen molar-refractivity contribution in [2.45, 2.75) is 12.8 Å². The Balaban J connectivity index is 1.94. The van der Waals surface area contributed by atoms with E-state index in [2.05, 4.69) is 31.9 Å². The number of alkyl halides is 3. The predicted molar refractivity (Wildman–Crippen MR) is 134 cm³/mol. The van der Waals surface area contributed by atoms with Gasteiger partial charge in [0.1, 0.15) is 6.61 Å². The number of allylic oxidation sites excluding steroid dienone is 1. The summed E-state index contributed by atoms with van der Waals surface area (Å²) in [6.07, 6.45) is -2.91. The molecule has 176 valence electrons. The highest BCUT2D eigenvalue weighted by Crippen LogP contribution is 2.44. The third kappa shape index (κ3) is 6.08. The molecule has 0 aliphatic carbocycles. The Morgan fingerprint density at radius 1 is 1.03 bits per heavy atom. The van der Waals surface area contributed by atoms with E-state index >= 15 is 0 Å². The van der Waals surface area contributed by atoms with Crippen LogP contribution in [0, 0.1) is 11.3 Å². The largest absolute Gasteiger partial charge is 0.493 e. The van der Waals surface area contributed by atoms with Crippen LogP contribution < -0.4 is 9.47 Å². The van der Waals surface area contributed by atoms with Crippen LogP contribution in [0.5, 0.6) is 11.5 Å². The van der Waals surface area contributed by atoms with Crippen LogP contribution in [0.3, 0.4) is 0 Å². The molecular weight excluding hydrogens is 622 g/mol. The van der Waals surface area contributed by atoms with Crippen LogP contribution >= 0.6 is 55.1 Å². The maximum absolute atomic E-state index is 12.8. The number of nitrogens with zero attached hydrogens (tertiary/aromatic N) is 1. The lowest BCUT2D eigenvalue weighted by Gasteiger charge is -2.16. The first kappa shape index (κ1) is 26.4. The lowest BCUT2D eigenvalue weighted by Crippen LogP contribution is -2.04. The van der Waals surface area contributed by atoms with Gasteiger partial charge in [0.05, 0.1) is 38.8 Å². The summed E-state index contributed by atoms with van der Waals surface area (Å²) in [7, 11) is 1.47. The van der Waals surface area contributed by atoms with Crippen molar-refractivity contribution in [3.8, 4) is 17.6 Å². The van der Waals surface area contributed by atoms with Gasteiger partial charge in [0.2, 0.25) is 0 Å². The molecule has 0 bridgehead atoms. The zero-order chi connectivity index (χ0) is 25.0. The number of halogens is 7. The maximum atomic E-state index is 12.8. The van der Waals surface area contributed by atoms with Gasteiger partial charge in [-0.1, -0.05) is 41.4 Å². The average molecular weight is 636 g/mol. The molecule has 34 heavy (non-hydrogen) atoms. The first-order chi connectivity index (χ1) is 16.0. The zero-order valence-electron chi connectivity index (χ0n) is 17.3. The van der Waals surface area contributed by atoms with Gasteiger partial charge >= 0.3 is 6.18 Å². The Hall–Kier alpha value is -2.18. The van der Waals surface area contributed by atoms with Gasteiger partial charge in [-0.2, -0.15) is 18.4 Å². The van der Waals surface area contributed by atoms with Crippen molar-refractivity contribution >= 4 is 66.7 Å². The zero-order valence-corrected chi connectivity index (χ0v) is 22.0. The van der Waals surface area contributed by atoms with Gasteiger partial charge in [-0.15, -0.1) is 0 Å². The van der Waals surface area contributed by atoms with Crippen LogP contribution in [0.25, 0.3) is 11.6 Å². The Labute approximate surface area is 221 Å². The van der Waals surface area contributed by atoms with Gasteiger partial charge < -0.3 is 9.47 Å². The van der Waals surface area contributed by atoms with E-state index in [1.165, 1.54) is 19.2 Å². The predicted octanol–water partition coefficient (Wildman–Crippen LogP) is 9.19. The van der Waals surface area contributed by atoms with E-state index in [9.17, 15) is 18.4 Å². The van der Waals surface area contributed by atoms with Crippen molar-refractivity contribution in [3.05, 3.63) is 89.8 Å². The van der Waals surface area contributed by atoms with Gasteiger partial charge in [-0.25, -0.2) is 0 Å². The van der Waals surface area contributed by atoms with Gasteiger partial charge in [-0.05, 0) is 85.0 Å². The van der Waals surface area contributed by atoms with Crippen molar-refractivity contribution in [2.75, 3.05) is 7.11 Å². The summed E-state index contributed by atoms with van der Waals surface area (Å²) < 4.78 is 51.0. The topological polar surface area (TPSA) is 42.2 Å². The summed E-state index contributed by atoms with van der Waals surface area (Å²) in [5.41, 5.74) is 1.08. The summed E-state index contributed by atoms with van der Waals surface area (Å²) in [4.78, 5) is 0. The minimum absolute atomic E-state index is 0.174. The maximum Gasteiger partial charge on any atom is 0.416 e. The SMILES string of the molecule is COc1cc(/C=C(/C#N)c2ccc(C(F)(F)F)cc2)c(Br)c(Br)c1OCc1ccc(Cl)c(Cl)c1. The van der Waals surface area contributed by atoms with Gasteiger partial charge in [0.15, 0.2) is 11.5 Å². The molecule has 0 saturated carbocycles. The van der Waals surface area contributed by atoms with E-state index in [0.29, 0.717) is 41.6 Å². The monoisotopic (exact) mass is 633 g/mol. The van der Waals surface area contributed by atoms with E-state index in [4.69, 9.17) is 32.7 Å². The van der Waals surface area contributed by atoms with E-state index in [0.717, 1.165) is 17.7 Å². The first-order valence-electron chi connectivity index (χ1n) is 9.47. The molecule has 0 amide bonds. The summed E-state index contributed by atoms with van der Waals surface area (Å²) in [6, 6.07) is 13.2. The third-order valence-corrected chi connectivity index (χ3v) is 7.57. The van der Waals surface area contributed by atoms with Crippen LogP contribution in [0.2, 0.25) is 10.0 Å².